The molecule has 0 bridgehead atoms. The van der Waals surface area contributed by atoms with Gasteiger partial charge in [0, 0.05) is 64.8 Å². The first kappa shape index (κ1) is 22.5. The number of carbonyl (C=O) groups is 1. The van der Waals surface area contributed by atoms with Gasteiger partial charge in [0.05, 0.1) is 16.2 Å². The summed E-state index contributed by atoms with van der Waals surface area (Å²) in [6.07, 6.45) is 4.53. The molecule has 33 heavy (non-hydrogen) atoms. The van der Waals surface area contributed by atoms with Crippen LogP contribution in [0.5, 0.6) is 0 Å². The van der Waals surface area contributed by atoms with Gasteiger partial charge in [-0.15, -0.1) is 0 Å². The van der Waals surface area contributed by atoms with Gasteiger partial charge in [-0.25, -0.2) is 18.7 Å². The molecule has 9 heteroatoms. The Morgan fingerprint density at radius 2 is 1.79 bits per heavy atom. The molecule has 0 atom stereocenters. The molecule has 0 saturated heterocycles. The monoisotopic (exact) mass is 467 g/mol. The van der Waals surface area contributed by atoms with Crippen molar-refractivity contribution in [3.8, 4) is 11.1 Å². The molecule has 0 spiro atoms. The van der Waals surface area contributed by atoms with Gasteiger partial charge in [-0.05, 0) is 24.3 Å². The van der Waals surface area contributed by atoms with Crippen LogP contribution in [0.25, 0.3) is 22.0 Å². The molecule has 0 unspecified atom stereocenters. The number of primary amides is 1. The average molecular weight is 468 g/mol. The second-order valence-electron chi connectivity index (χ2n) is 7.84. The van der Waals surface area contributed by atoms with Crippen molar-refractivity contribution in [3.63, 3.8) is 0 Å². The van der Waals surface area contributed by atoms with Gasteiger partial charge >= 0.3 is 0 Å². The van der Waals surface area contributed by atoms with Crippen LogP contribution in [0.1, 0.15) is 41.5 Å². The number of aromatic nitrogens is 3. The summed E-state index contributed by atoms with van der Waals surface area (Å²) in [6, 6.07) is 6.78. The zero-order valence-electron chi connectivity index (χ0n) is 17.9. The van der Waals surface area contributed by atoms with E-state index >= 15 is 0 Å². The van der Waals surface area contributed by atoms with Crippen LogP contribution in [0.3, 0.4) is 0 Å². The van der Waals surface area contributed by atoms with Gasteiger partial charge in [-0.2, -0.15) is 0 Å². The molecule has 0 fully saturated rings. The Bertz CT molecular complexity index is 1360. The number of pyridine rings is 1. The van der Waals surface area contributed by atoms with Crippen molar-refractivity contribution >= 4 is 34.1 Å². The van der Waals surface area contributed by atoms with E-state index in [0.717, 1.165) is 0 Å². The van der Waals surface area contributed by atoms with Gasteiger partial charge in [0.2, 0.25) is 5.91 Å². The quantitative estimate of drug-likeness (QED) is 0.393. The van der Waals surface area contributed by atoms with Crippen LogP contribution >= 0.6 is 11.6 Å². The van der Waals surface area contributed by atoms with Crippen molar-refractivity contribution in [2.45, 2.75) is 26.3 Å². The van der Waals surface area contributed by atoms with E-state index in [4.69, 9.17) is 17.3 Å². The second-order valence-corrected chi connectivity index (χ2v) is 8.25. The van der Waals surface area contributed by atoms with Gasteiger partial charge in [0.1, 0.15) is 17.5 Å². The number of rotatable bonds is 6. The van der Waals surface area contributed by atoms with Gasteiger partial charge in [-0.3, -0.25) is 9.78 Å². The van der Waals surface area contributed by atoms with E-state index in [0.29, 0.717) is 28.0 Å². The Morgan fingerprint density at radius 3 is 2.45 bits per heavy atom. The lowest BCUT2D eigenvalue weighted by atomic mass is 10.0. The zero-order valence-corrected chi connectivity index (χ0v) is 18.6. The molecule has 168 valence electrons. The van der Waals surface area contributed by atoms with Crippen LogP contribution in [0, 0.1) is 11.6 Å². The van der Waals surface area contributed by atoms with E-state index in [-0.39, 0.29) is 34.2 Å². The number of fused-ring (bicyclic) bond motifs is 1. The Hall–Kier alpha value is -3.65. The maximum absolute atomic E-state index is 14.9. The second kappa shape index (κ2) is 9.07. The first-order valence-corrected chi connectivity index (χ1v) is 10.5. The summed E-state index contributed by atoms with van der Waals surface area (Å²) in [4.78, 5) is 24.3. The van der Waals surface area contributed by atoms with E-state index in [2.05, 4.69) is 20.3 Å². The summed E-state index contributed by atoms with van der Waals surface area (Å²) in [5, 5.41) is 3.90. The summed E-state index contributed by atoms with van der Waals surface area (Å²) in [5.74, 6) is -0.838. The predicted molar refractivity (Wildman–Crippen MR) is 124 cm³/mol. The third-order valence-electron chi connectivity index (χ3n) is 5.20. The lowest BCUT2D eigenvalue weighted by molar-refractivity contribution is 0.1000. The molecule has 4 aromatic rings. The lowest BCUT2D eigenvalue weighted by Gasteiger charge is -2.14. The number of hydrogen-bond acceptors (Lipinski definition) is 5. The Morgan fingerprint density at radius 1 is 1.06 bits per heavy atom. The van der Waals surface area contributed by atoms with Gasteiger partial charge in [0.15, 0.2) is 0 Å². The molecule has 0 radical (unpaired) electrons. The molecule has 2 aromatic carbocycles. The molecule has 2 heterocycles. The van der Waals surface area contributed by atoms with Gasteiger partial charge < -0.3 is 11.1 Å². The largest absolute Gasteiger partial charge is 0.379 e. The number of nitrogens with two attached hydrogens (primary N) is 1. The Labute approximate surface area is 193 Å². The van der Waals surface area contributed by atoms with E-state index < -0.39 is 17.5 Å². The third kappa shape index (κ3) is 4.61. The highest BCUT2D eigenvalue weighted by molar-refractivity contribution is 6.34. The molecule has 4 rings (SSSR count). The van der Waals surface area contributed by atoms with E-state index in [1.165, 1.54) is 30.5 Å². The van der Waals surface area contributed by atoms with Crippen LogP contribution in [0.15, 0.2) is 48.9 Å². The van der Waals surface area contributed by atoms with Crippen molar-refractivity contribution in [2.24, 2.45) is 5.73 Å². The fourth-order valence-electron chi connectivity index (χ4n) is 3.41. The normalized spacial score (nSPS) is 11.2. The molecule has 3 N–H and O–H groups in total. The summed E-state index contributed by atoms with van der Waals surface area (Å²) in [5.41, 5.74) is 7.32. The number of anilines is 1. The maximum Gasteiger partial charge on any atom is 0.248 e. The predicted octanol–water partition coefficient (Wildman–Crippen LogP) is 5.46. The summed E-state index contributed by atoms with van der Waals surface area (Å²) >= 11 is 6.37. The van der Waals surface area contributed by atoms with Crippen LogP contribution in [-0.2, 0) is 6.54 Å². The summed E-state index contributed by atoms with van der Waals surface area (Å²) < 4.78 is 29.2. The lowest BCUT2D eigenvalue weighted by Crippen LogP contribution is -2.12. The van der Waals surface area contributed by atoms with Crippen molar-refractivity contribution < 1.29 is 13.6 Å². The summed E-state index contributed by atoms with van der Waals surface area (Å²) in [7, 11) is 0. The number of benzene rings is 2. The van der Waals surface area contributed by atoms with E-state index in [1.807, 2.05) is 13.8 Å². The minimum Gasteiger partial charge on any atom is -0.379 e. The minimum atomic E-state index is -0.658. The van der Waals surface area contributed by atoms with Gasteiger partial charge in [0.25, 0.3) is 0 Å². The van der Waals surface area contributed by atoms with Crippen molar-refractivity contribution in [3.05, 3.63) is 82.5 Å². The molecule has 6 nitrogen and oxygen atoms in total. The van der Waals surface area contributed by atoms with Crippen LogP contribution in [0.2, 0.25) is 5.02 Å². The number of carbonyl (C=O) groups excluding carboxylic acids is 1. The highest BCUT2D eigenvalue weighted by Crippen LogP contribution is 2.35. The number of hydrogen-bond donors (Lipinski definition) is 2. The highest BCUT2D eigenvalue weighted by Gasteiger charge is 2.15. The number of halogens is 3. The fourth-order valence-corrected chi connectivity index (χ4v) is 3.63. The van der Waals surface area contributed by atoms with E-state index in [1.54, 1.807) is 18.5 Å². The zero-order chi connectivity index (χ0) is 23.7. The van der Waals surface area contributed by atoms with Crippen molar-refractivity contribution in [1.29, 1.82) is 0 Å². The molecule has 0 aliphatic rings. The maximum atomic E-state index is 14.9. The molecule has 2 aromatic heterocycles. The molecule has 0 aliphatic carbocycles. The highest BCUT2D eigenvalue weighted by atomic mass is 35.5. The average Bonchev–Trinajstić information content (AvgIpc) is 2.79. The van der Waals surface area contributed by atoms with Crippen molar-refractivity contribution in [1.82, 2.24) is 15.0 Å². The molecular weight excluding hydrogens is 448 g/mol. The van der Waals surface area contributed by atoms with Crippen LogP contribution < -0.4 is 11.1 Å². The number of nitrogens with zero attached hydrogens (tertiary/aromatic N) is 3. The molecular formula is C24H20ClF2N5O. The molecule has 0 saturated carbocycles. The van der Waals surface area contributed by atoms with E-state index in [9.17, 15) is 13.6 Å². The molecule has 0 aliphatic heterocycles. The van der Waals surface area contributed by atoms with Gasteiger partial charge in [-0.1, -0.05) is 25.4 Å². The molecule has 1 amide bonds. The number of nitrogens with one attached hydrogen (secondary N) is 1. The topological polar surface area (TPSA) is 93.8 Å². The SMILES string of the molecule is CC(C)c1ncc(-c2cc3c(NCc4cc(C(N)=O)ccc4F)c(Cl)cnc3cc2F)cn1. The minimum absolute atomic E-state index is 0.0185. The first-order chi connectivity index (χ1) is 15.7. The summed E-state index contributed by atoms with van der Waals surface area (Å²) in [6.45, 7) is 3.96. The van der Waals surface area contributed by atoms with Crippen LogP contribution in [-0.4, -0.2) is 20.9 Å². The standard InChI is InChI=1S/C24H20ClF2N5O/c1-12(2)24-31-9-15(10-32-24)16-6-17-21(7-20(16)27)29-11-18(25)22(17)30-8-14-5-13(23(28)33)3-4-19(14)26/h3-7,9-12H,8H2,1-2H3,(H2,28,33)(H,29,30). The smallest absolute Gasteiger partial charge is 0.248 e. The number of amides is 1. The fraction of sp³-hybridized carbons (Fsp3) is 0.167. The van der Waals surface area contributed by atoms with Crippen molar-refractivity contribution in [2.75, 3.05) is 5.32 Å². The third-order valence-corrected chi connectivity index (χ3v) is 5.48. The Kier molecular flexibility index (Phi) is 6.20. The Balaban J connectivity index is 1.74. The van der Waals surface area contributed by atoms with Crippen LogP contribution in [0.4, 0.5) is 14.5 Å². The first-order valence-electron chi connectivity index (χ1n) is 10.2.